The number of halogens is 3. The van der Waals surface area contributed by atoms with E-state index >= 15 is 0 Å². The average molecular weight is 406 g/mol. The van der Waals surface area contributed by atoms with Gasteiger partial charge in [-0.3, -0.25) is 0 Å². The van der Waals surface area contributed by atoms with Gasteiger partial charge < -0.3 is 13.9 Å². The topological polar surface area (TPSA) is 74.5 Å². The van der Waals surface area contributed by atoms with Crippen molar-refractivity contribution in [3.8, 4) is 17.5 Å². The van der Waals surface area contributed by atoms with Crippen LogP contribution in [-0.4, -0.2) is 29.2 Å². The SMILES string of the molecule is COc1nc(-c2ccc(C)o2)c2c(n1)C(CC1=CC=CCC1C(F)(F)F)OC2=O. The fourth-order valence-electron chi connectivity index (χ4n) is 3.55. The normalized spacial score (nSPS) is 21.0. The highest BCUT2D eigenvalue weighted by molar-refractivity contribution is 5.99. The number of hydrogen-bond donors (Lipinski definition) is 0. The third kappa shape index (κ3) is 3.52. The van der Waals surface area contributed by atoms with Crippen molar-refractivity contribution in [1.29, 1.82) is 0 Å². The molecule has 6 nitrogen and oxygen atoms in total. The quantitative estimate of drug-likeness (QED) is 0.684. The van der Waals surface area contributed by atoms with E-state index in [4.69, 9.17) is 13.9 Å². The Kier molecular flexibility index (Phi) is 4.68. The van der Waals surface area contributed by atoms with Gasteiger partial charge in [0, 0.05) is 6.42 Å². The number of nitrogens with zero attached hydrogens (tertiary/aromatic N) is 2. The first-order chi connectivity index (χ1) is 13.8. The van der Waals surface area contributed by atoms with Crippen molar-refractivity contribution in [1.82, 2.24) is 9.97 Å². The standard InChI is InChI=1S/C20H17F3N2O4/c1-10-7-8-13(28-10)16-15-17(25-19(24-16)27-2)14(29-18(15)26)9-11-5-3-4-6-12(11)20(21,22)23/h3-5,7-8,12,14H,6,9H2,1-2H3. The van der Waals surface area contributed by atoms with Gasteiger partial charge in [0.15, 0.2) is 5.76 Å². The van der Waals surface area contributed by atoms with Crippen LogP contribution in [0, 0.1) is 12.8 Å². The predicted molar refractivity (Wildman–Crippen MR) is 95.2 cm³/mol. The largest absolute Gasteiger partial charge is 0.467 e. The number of allylic oxidation sites excluding steroid dienone is 3. The maximum absolute atomic E-state index is 13.4. The molecule has 0 saturated heterocycles. The van der Waals surface area contributed by atoms with Gasteiger partial charge in [0.05, 0.1) is 13.0 Å². The van der Waals surface area contributed by atoms with Crippen LogP contribution in [0.15, 0.2) is 40.4 Å². The summed E-state index contributed by atoms with van der Waals surface area (Å²) in [5.74, 6) is -1.38. The smallest absolute Gasteiger partial charge is 0.395 e. The number of furan rings is 1. The van der Waals surface area contributed by atoms with Gasteiger partial charge in [-0.1, -0.05) is 23.8 Å². The molecule has 0 bridgehead atoms. The van der Waals surface area contributed by atoms with Crippen LogP contribution in [0.25, 0.3) is 11.5 Å². The maximum Gasteiger partial charge on any atom is 0.395 e. The second-order valence-electron chi connectivity index (χ2n) is 6.83. The highest BCUT2D eigenvalue weighted by atomic mass is 19.4. The molecule has 0 radical (unpaired) electrons. The third-order valence-electron chi connectivity index (χ3n) is 4.91. The summed E-state index contributed by atoms with van der Waals surface area (Å²) in [6.45, 7) is 1.74. The third-order valence-corrected chi connectivity index (χ3v) is 4.91. The van der Waals surface area contributed by atoms with Crippen molar-refractivity contribution in [3.63, 3.8) is 0 Å². The van der Waals surface area contributed by atoms with Crippen LogP contribution in [0.2, 0.25) is 0 Å². The van der Waals surface area contributed by atoms with Crippen LogP contribution in [0.3, 0.4) is 0 Å². The van der Waals surface area contributed by atoms with Crippen LogP contribution in [0.4, 0.5) is 13.2 Å². The molecule has 152 valence electrons. The first-order valence-electron chi connectivity index (χ1n) is 8.94. The van der Waals surface area contributed by atoms with Gasteiger partial charge in [-0.05, 0) is 25.5 Å². The Morgan fingerprint density at radius 1 is 1.28 bits per heavy atom. The van der Waals surface area contributed by atoms with E-state index in [0.717, 1.165) is 0 Å². The fourth-order valence-corrected chi connectivity index (χ4v) is 3.55. The summed E-state index contributed by atoms with van der Waals surface area (Å²) in [5.41, 5.74) is 0.610. The summed E-state index contributed by atoms with van der Waals surface area (Å²) < 4.78 is 56.3. The molecule has 0 fully saturated rings. The van der Waals surface area contributed by atoms with E-state index in [1.54, 1.807) is 25.1 Å². The molecule has 1 aliphatic carbocycles. The van der Waals surface area contributed by atoms with Crippen molar-refractivity contribution in [2.24, 2.45) is 5.92 Å². The fraction of sp³-hybridized carbons (Fsp3) is 0.350. The Balaban J connectivity index is 1.75. The number of cyclic esters (lactones) is 1. The van der Waals surface area contributed by atoms with Gasteiger partial charge in [0.2, 0.25) is 0 Å². The van der Waals surface area contributed by atoms with Crippen LogP contribution in [0.5, 0.6) is 6.01 Å². The molecule has 3 heterocycles. The summed E-state index contributed by atoms with van der Waals surface area (Å²) in [7, 11) is 1.36. The van der Waals surface area contributed by atoms with Gasteiger partial charge in [0.1, 0.15) is 28.8 Å². The van der Waals surface area contributed by atoms with Gasteiger partial charge >= 0.3 is 18.2 Å². The molecular weight excluding hydrogens is 389 g/mol. The summed E-state index contributed by atoms with van der Waals surface area (Å²) in [6.07, 6.45) is -1.15. The van der Waals surface area contributed by atoms with Crippen molar-refractivity contribution in [3.05, 3.63) is 53.0 Å². The van der Waals surface area contributed by atoms with Crippen molar-refractivity contribution in [2.45, 2.75) is 32.0 Å². The zero-order chi connectivity index (χ0) is 20.8. The predicted octanol–water partition coefficient (Wildman–Crippen LogP) is 4.72. The number of esters is 1. The molecule has 9 heteroatoms. The molecule has 2 aromatic rings. The molecular formula is C20H17F3N2O4. The summed E-state index contributed by atoms with van der Waals surface area (Å²) >= 11 is 0. The minimum absolute atomic E-state index is 0.0269. The second-order valence-corrected chi connectivity index (χ2v) is 6.83. The van der Waals surface area contributed by atoms with E-state index in [-0.39, 0.29) is 41.4 Å². The van der Waals surface area contributed by atoms with Gasteiger partial charge in [0.25, 0.3) is 0 Å². The van der Waals surface area contributed by atoms with Crippen LogP contribution in [-0.2, 0) is 4.74 Å². The zero-order valence-electron chi connectivity index (χ0n) is 15.6. The number of hydrogen-bond acceptors (Lipinski definition) is 6. The van der Waals surface area contributed by atoms with E-state index in [0.29, 0.717) is 11.5 Å². The molecule has 0 N–H and O–H groups in total. The Morgan fingerprint density at radius 3 is 2.72 bits per heavy atom. The number of alkyl halides is 3. The Labute approximate surface area is 164 Å². The lowest BCUT2D eigenvalue weighted by molar-refractivity contribution is -0.164. The summed E-state index contributed by atoms with van der Waals surface area (Å²) in [4.78, 5) is 21.0. The number of carbonyl (C=O) groups is 1. The highest BCUT2D eigenvalue weighted by Crippen LogP contribution is 2.44. The average Bonchev–Trinajstić information content (AvgIpc) is 3.24. The zero-order valence-corrected chi connectivity index (χ0v) is 15.6. The molecule has 2 aliphatic rings. The van der Waals surface area contributed by atoms with E-state index in [2.05, 4.69) is 9.97 Å². The first-order valence-corrected chi connectivity index (χ1v) is 8.94. The molecule has 2 aromatic heterocycles. The van der Waals surface area contributed by atoms with Crippen LogP contribution in [0.1, 0.15) is 40.8 Å². The van der Waals surface area contributed by atoms with Crippen molar-refractivity contribution < 1.29 is 31.9 Å². The van der Waals surface area contributed by atoms with Gasteiger partial charge in [-0.15, -0.1) is 0 Å². The van der Waals surface area contributed by atoms with Gasteiger partial charge in [-0.2, -0.15) is 23.1 Å². The number of aryl methyl sites for hydroxylation is 1. The number of fused-ring (bicyclic) bond motifs is 1. The minimum atomic E-state index is -4.39. The maximum atomic E-state index is 13.4. The number of aromatic nitrogens is 2. The molecule has 0 aromatic carbocycles. The number of ether oxygens (including phenoxy) is 2. The lowest BCUT2D eigenvalue weighted by Crippen LogP contribution is -2.26. The molecule has 29 heavy (non-hydrogen) atoms. The lowest BCUT2D eigenvalue weighted by Gasteiger charge is -2.25. The number of methoxy groups -OCH3 is 1. The molecule has 2 atom stereocenters. The Morgan fingerprint density at radius 2 is 2.07 bits per heavy atom. The molecule has 1 aliphatic heterocycles. The van der Waals surface area contributed by atoms with E-state index in [1.807, 2.05) is 0 Å². The van der Waals surface area contributed by atoms with Crippen molar-refractivity contribution >= 4 is 5.97 Å². The van der Waals surface area contributed by atoms with E-state index < -0.39 is 24.2 Å². The summed E-state index contributed by atoms with van der Waals surface area (Å²) in [5, 5.41) is 0. The lowest BCUT2D eigenvalue weighted by atomic mass is 9.86. The molecule has 0 amide bonds. The summed E-state index contributed by atoms with van der Waals surface area (Å²) in [6, 6.07) is 3.33. The molecule has 0 saturated carbocycles. The second kappa shape index (κ2) is 7.06. The van der Waals surface area contributed by atoms with Crippen LogP contribution >= 0.6 is 0 Å². The van der Waals surface area contributed by atoms with Gasteiger partial charge in [-0.25, -0.2) is 4.79 Å². The Bertz CT molecular complexity index is 1020. The Hall–Kier alpha value is -3.10. The van der Waals surface area contributed by atoms with E-state index in [9.17, 15) is 18.0 Å². The number of carbonyl (C=O) groups excluding carboxylic acids is 1. The minimum Gasteiger partial charge on any atom is -0.467 e. The highest BCUT2D eigenvalue weighted by Gasteiger charge is 2.45. The first kappa shape index (κ1) is 19.2. The molecule has 4 rings (SSSR count). The van der Waals surface area contributed by atoms with Crippen molar-refractivity contribution in [2.75, 3.05) is 7.11 Å². The van der Waals surface area contributed by atoms with E-state index in [1.165, 1.54) is 19.3 Å². The van der Waals surface area contributed by atoms with Crippen LogP contribution < -0.4 is 4.74 Å². The number of rotatable bonds is 4. The monoisotopic (exact) mass is 406 g/mol. The molecule has 0 spiro atoms. The molecule has 2 unspecified atom stereocenters.